The number of carbonyl (C=O) groups excluding carboxylic acids is 1. The van der Waals surface area contributed by atoms with E-state index in [4.69, 9.17) is 11.6 Å². The molecule has 0 spiro atoms. The maximum atomic E-state index is 11.9. The lowest BCUT2D eigenvalue weighted by Crippen LogP contribution is -2.49. The van der Waals surface area contributed by atoms with Gasteiger partial charge in [0.1, 0.15) is 5.88 Å². The van der Waals surface area contributed by atoms with E-state index in [-0.39, 0.29) is 34.8 Å². The first-order valence-corrected chi connectivity index (χ1v) is 10.2. The monoisotopic (exact) mass is 329 g/mol. The second-order valence-electron chi connectivity index (χ2n) is 5.05. The van der Waals surface area contributed by atoms with Gasteiger partial charge in [0.05, 0.1) is 23.0 Å². The molecule has 2 unspecified atom stereocenters. The summed E-state index contributed by atoms with van der Waals surface area (Å²) in [6.07, 6.45) is 0.725. The van der Waals surface area contributed by atoms with E-state index < -0.39 is 31.8 Å². The number of hydrogen-bond acceptors (Lipinski definition) is 5. The Morgan fingerprint density at radius 2 is 1.42 bits per heavy atom. The maximum Gasteiger partial charge on any atom is 0.238 e. The Hall–Kier alpha value is -0.340. The van der Waals surface area contributed by atoms with Crippen molar-refractivity contribution in [2.45, 2.75) is 24.9 Å². The van der Waals surface area contributed by atoms with Crippen molar-refractivity contribution in [2.24, 2.45) is 0 Å². The van der Waals surface area contributed by atoms with Crippen molar-refractivity contribution < 1.29 is 21.6 Å². The van der Waals surface area contributed by atoms with Gasteiger partial charge in [-0.1, -0.05) is 0 Å². The highest BCUT2D eigenvalue weighted by Gasteiger charge is 2.41. The molecule has 2 aliphatic heterocycles. The molecule has 2 saturated heterocycles. The lowest BCUT2D eigenvalue weighted by Gasteiger charge is -2.32. The fraction of sp³-hybridized carbons (Fsp3) is 0.900. The summed E-state index contributed by atoms with van der Waals surface area (Å²) in [5.74, 6) is -0.733. The predicted octanol–water partition coefficient (Wildman–Crippen LogP) is -0.572. The molecule has 0 aromatic carbocycles. The van der Waals surface area contributed by atoms with Crippen LogP contribution in [0.25, 0.3) is 0 Å². The summed E-state index contributed by atoms with van der Waals surface area (Å²) in [6, 6.07) is -0.871. The summed E-state index contributed by atoms with van der Waals surface area (Å²) in [7, 11) is -6.25. The highest BCUT2D eigenvalue weighted by atomic mass is 35.5. The van der Waals surface area contributed by atoms with Gasteiger partial charge in [-0.3, -0.25) is 4.79 Å². The van der Waals surface area contributed by atoms with Crippen LogP contribution in [0.1, 0.15) is 12.8 Å². The van der Waals surface area contributed by atoms with Crippen LogP contribution in [0.15, 0.2) is 0 Å². The average Bonchev–Trinajstić information content (AvgIpc) is 2.82. The molecule has 0 saturated carbocycles. The molecule has 0 aromatic rings. The van der Waals surface area contributed by atoms with Crippen molar-refractivity contribution in [1.82, 2.24) is 4.90 Å². The first-order valence-electron chi connectivity index (χ1n) is 6.02. The highest BCUT2D eigenvalue weighted by Crippen LogP contribution is 2.26. The van der Waals surface area contributed by atoms with E-state index in [1.807, 2.05) is 0 Å². The second kappa shape index (κ2) is 5.21. The molecule has 19 heavy (non-hydrogen) atoms. The fourth-order valence-electron chi connectivity index (χ4n) is 2.76. The van der Waals surface area contributed by atoms with Crippen molar-refractivity contribution >= 4 is 37.2 Å². The molecular weight excluding hydrogens is 314 g/mol. The van der Waals surface area contributed by atoms with E-state index in [0.717, 1.165) is 0 Å². The molecule has 2 aliphatic rings. The molecule has 0 aromatic heterocycles. The third-order valence-electron chi connectivity index (χ3n) is 3.61. The molecule has 2 rings (SSSR count). The lowest BCUT2D eigenvalue weighted by molar-refractivity contribution is -0.132. The topological polar surface area (TPSA) is 88.6 Å². The van der Waals surface area contributed by atoms with Crippen LogP contribution < -0.4 is 0 Å². The third-order valence-corrected chi connectivity index (χ3v) is 7.34. The summed E-state index contributed by atoms with van der Waals surface area (Å²) >= 11 is 5.56. The number of alkyl halides is 1. The first-order chi connectivity index (χ1) is 8.74. The summed E-state index contributed by atoms with van der Waals surface area (Å²) in [5.41, 5.74) is 0. The number of hydrogen-bond donors (Lipinski definition) is 0. The van der Waals surface area contributed by atoms with E-state index in [2.05, 4.69) is 0 Å². The van der Waals surface area contributed by atoms with Crippen LogP contribution in [0.5, 0.6) is 0 Å². The Morgan fingerprint density at radius 3 is 1.68 bits per heavy atom. The van der Waals surface area contributed by atoms with Gasteiger partial charge >= 0.3 is 0 Å². The SMILES string of the molecule is O=C(CCl)N(C1CCS(=O)(=O)C1)C1CCS(=O)(=O)C1. The number of sulfone groups is 2. The Kier molecular flexibility index (Phi) is 4.13. The molecule has 110 valence electrons. The van der Waals surface area contributed by atoms with Crippen molar-refractivity contribution in [2.75, 3.05) is 28.9 Å². The van der Waals surface area contributed by atoms with E-state index in [1.54, 1.807) is 0 Å². The van der Waals surface area contributed by atoms with E-state index >= 15 is 0 Å². The van der Waals surface area contributed by atoms with Crippen LogP contribution in [-0.2, 0) is 24.5 Å². The quantitative estimate of drug-likeness (QED) is 0.647. The normalized spacial score (nSPS) is 32.3. The summed E-state index contributed by atoms with van der Waals surface area (Å²) in [4.78, 5) is 13.3. The Labute approximate surface area is 117 Å². The smallest absolute Gasteiger partial charge is 0.238 e. The van der Waals surface area contributed by atoms with Gasteiger partial charge in [0.25, 0.3) is 0 Å². The molecule has 9 heteroatoms. The van der Waals surface area contributed by atoms with Crippen LogP contribution in [0.3, 0.4) is 0 Å². The largest absolute Gasteiger partial charge is 0.334 e. The minimum absolute atomic E-state index is 0.0448. The summed E-state index contributed by atoms with van der Waals surface area (Å²) in [5, 5.41) is 0. The molecule has 1 amide bonds. The zero-order valence-electron chi connectivity index (χ0n) is 10.3. The zero-order valence-corrected chi connectivity index (χ0v) is 12.7. The van der Waals surface area contributed by atoms with Gasteiger partial charge in [-0.05, 0) is 12.8 Å². The Morgan fingerprint density at radius 1 is 1.00 bits per heavy atom. The van der Waals surface area contributed by atoms with Gasteiger partial charge in [-0.15, -0.1) is 11.6 Å². The summed E-state index contributed by atoms with van der Waals surface area (Å²) in [6.45, 7) is 0. The number of halogens is 1. The Balaban J connectivity index is 2.21. The molecule has 0 radical (unpaired) electrons. The van der Waals surface area contributed by atoms with Crippen LogP contribution >= 0.6 is 11.6 Å². The van der Waals surface area contributed by atoms with E-state index in [1.165, 1.54) is 4.90 Å². The van der Waals surface area contributed by atoms with Crippen molar-refractivity contribution in [1.29, 1.82) is 0 Å². The van der Waals surface area contributed by atoms with E-state index in [0.29, 0.717) is 12.8 Å². The molecular formula is C10H16ClNO5S2. The van der Waals surface area contributed by atoms with Gasteiger partial charge in [0.2, 0.25) is 5.91 Å². The van der Waals surface area contributed by atoms with Crippen LogP contribution in [0.2, 0.25) is 0 Å². The lowest BCUT2D eigenvalue weighted by atomic mass is 10.1. The standard InChI is InChI=1S/C10H16ClNO5S2/c11-5-10(13)12(8-1-3-18(14,15)6-8)9-2-4-19(16,17)7-9/h8-9H,1-7H2. The molecule has 2 atom stereocenters. The predicted molar refractivity (Wildman–Crippen MR) is 71.7 cm³/mol. The zero-order chi connectivity index (χ0) is 14.3. The minimum atomic E-state index is -3.13. The van der Waals surface area contributed by atoms with Crippen LogP contribution in [0.4, 0.5) is 0 Å². The molecule has 2 fully saturated rings. The summed E-state index contributed by atoms with van der Waals surface area (Å²) < 4.78 is 46.0. The van der Waals surface area contributed by atoms with Gasteiger partial charge in [-0.25, -0.2) is 16.8 Å². The number of nitrogens with zero attached hydrogens (tertiary/aromatic N) is 1. The molecule has 0 aliphatic carbocycles. The van der Waals surface area contributed by atoms with Crippen LogP contribution in [0, 0.1) is 0 Å². The molecule has 0 N–H and O–H groups in total. The maximum absolute atomic E-state index is 11.9. The Bertz CT molecular complexity index is 527. The number of rotatable bonds is 3. The van der Waals surface area contributed by atoms with Crippen LogP contribution in [-0.4, -0.2) is 68.6 Å². The van der Waals surface area contributed by atoms with Gasteiger partial charge in [0.15, 0.2) is 19.7 Å². The third kappa shape index (κ3) is 3.41. The van der Waals surface area contributed by atoms with Crippen molar-refractivity contribution in [3.63, 3.8) is 0 Å². The minimum Gasteiger partial charge on any atom is -0.334 e. The first kappa shape index (κ1) is 15.1. The average molecular weight is 330 g/mol. The number of carbonyl (C=O) groups is 1. The van der Waals surface area contributed by atoms with Gasteiger partial charge in [-0.2, -0.15) is 0 Å². The molecule has 2 heterocycles. The van der Waals surface area contributed by atoms with E-state index in [9.17, 15) is 21.6 Å². The number of amides is 1. The fourth-order valence-corrected chi connectivity index (χ4v) is 6.32. The second-order valence-corrected chi connectivity index (χ2v) is 9.77. The highest BCUT2D eigenvalue weighted by molar-refractivity contribution is 7.92. The van der Waals surface area contributed by atoms with Gasteiger partial charge < -0.3 is 4.90 Å². The molecule has 0 bridgehead atoms. The van der Waals surface area contributed by atoms with Crippen molar-refractivity contribution in [3.8, 4) is 0 Å². The van der Waals surface area contributed by atoms with Gasteiger partial charge in [0, 0.05) is 12.1 Å². The van der Waals surface area contributed by atoms with Crippen molar-refractivity contribution in [3.05, 3.63) is 0 Å². The molecule has 6 nitrogen and oxygen atoms in total.